The van der Waals surface area contributed by atoms with Crippen molar-refractivity contribution < 1.29 is 4.74 Å². The van der Waals surface area contributed by atoms with Gasteiger partial charge in [-0.25, -0.2) is 0 Å². The summed E-state index contributed by atoms with van der Waals surface area (Å²) in [5, 5.41) is 1.17. The molecular weight excluding hydrogens is 377 g/mol. The molecule has 0 N–H and O–H groups in total. The second-order valence-electron chi connectivity index (χ2n) is 7.36. The Morgan fingerprint density at radius 3 is 2.33 bits per heavy atom. The number of aromatic nitrogens is 1. The summed E-state index contributed by atoms with van der Waals surface area (Å²) in [7, 11) is 1.77. The lowest BCUT2D eigenvalue weighted by Crippen LogP contribution is -2.28. The molecule has 4 heteroatoms. The van der Waals surface area contributed by atoms with E-state index in [1.165, 1.54) is 11.1 Å². The van der Waals surface area contributed by atoms with Crippen molar-refractivity contribution in [3.05, 3.63) is 93.7 Å². The lowest BCUT2D eigenvalue weighted by atomic mass is 9.68. The highest BCUT2D eigenvalue weighted by Gasteiger charge is 2.36. The summed E-state index contributed by atoms with van der Waals surface area (Å²) >= 11 is 12.2. The Bertz CT molecular complexity index is 883. The van der Waals surface area contributed by atoms with Crippen molar-refractivity contribution in [3.63, 3.8) is 0 Å². The quantitative estimate of drug-likeness (QED) is 0.448. The molecule has 1 aliphatic carbocycles. The molecule has 2 nitrogen and oxygen atoms in total. The van der Waals surface area contributed by atoms with Crippen LogP contribution in [0.5, 0.6) is 0 Å². The second-order valence-corrected chi connectivity index (χ2v) is 8.17. The van der Waals surface area contributed by atoms with Gasteiger partial charge in [-0.1, -0.05) is 53.5 Å². The average Bonchev–Trinajstić information content (AvgIpc) is 3.14. The fourth-order valence-corrected chi connectivity index (χ4v) is 4.36. The number of benzene rings is 2. The third-order valence-corrected chi connectivity index (χ3v) is 6.35. The Balaban J connectivity index is 1.38. The van der Waals surface area contributed by atoms with Crippen LogP contribution < -0.4 is 0 Å². The SMILES string of the molecule is COC(c1ccc(Cl)c(Cl)c1)C1CC(c2ccc(Cn3cccc3)cc2)C1. The molecular formula is C23H23Cl2NO. The minimum absolute atomic E-state index is 0.0732. The molecule has 1 unspecified atom stereocenters. The summed E-state index contributed by atoms with van der Waals surface area (Å²) in [6.07, 6.45) is 6.53. The third-order valence-electron chi connectivity index (χ3n) is 5.61. The van der Waals surface area contributed by atoms with Gasteiger partial charge in [0.25, 0.3) is 0 Å². The second kappa shape index (κ2) is 8.10. The van der Waals surface area contributed by atoms with Crippen molar-refractivity contribution in [1.29, 1.82) is 0 Å². The summed E-state index contributed by atoms with van der Waals surface area (Å²) in [4.78, 5) is 0. The van der Waals surface area contributed by atoms with Gasteiger partial charge >= 0.3 is 0 Å². The zero-order valence-corrected chi connectivity index (χ0v) is 16.8. The van der Waals surface area contributed by atoms with Crippen LogP contribution in [-0.4, -0.2) is 11.7 Å². The van der Waals surface area contributed by atoms with Crippen molar-refractivity contribution in [2.75, 3.05) is 7.11 Å². The maximum atomic E-state index is 6.18. The van der Waals surface area contributed by atoms with E-state index in [0.29, 0.717) is 21.9 Å². The fourth-order valence-electron chi connectivity index (χ4n) is 4.05. The topological polar surface area (TPSA) is 14.2 Å². The lowest BCUT2D eigenvalue weighted by molar-refractivity contribution is 0.00849. The Hall–Kier alpha value is -1.74. The number of ether oxygens (including phenoxy) is 1. The maximum Gasteiger partial charge on any atom is 0.0850 e. The number of rotatable bonds is 6. The van der Waals surface area contributed by atoms with Crippen LogP contribution in [0.3, 0.4) is 0 Å². The summed E-state index contributed by atoms with van der Waals surface area (Å²) < 4.78 is 7.98. The van der Waals surface area contributed by atoms with Crippen LogP contribution in [0.2, 0.25) is 10.0 Å². The molecule has 0 aliphatic heterocycles. The highest BCUT2D eigenvalue weighted by atomic mass is 35.5. The van der Waals surface area contributed by atoms with E-state index in [9.17, 15) is 0 Å². The molecule has 1 saturated carbocycles. The molecule has 1 atom stereocenters. The first-order valence-corrected chi connectivity index (χ1v) is 10.1. The van der Waals surface area contributed by atoms with Crippen LogP contribution in [0.15, 0.2) is 67.0 Å². The number of halogens is 2. The third kappa shape index (κ3) is 4.08. The van der Waals surface area contributed by atoms with E-state index < -0.39 is 0 Å². The summed E-state index contributed by atoms with van der Waals surface area (Å²) in [6.45, 7) is 0.920. The highest BCUT2D eigenvalue weighted by molar-refractivity contribution is 6.42. The van der Waals surface area contributed by atoms with E-state index in [1.807, 2.05) is 18.2 Å². The number of hydrogen-bond donors (Lipinski definition) is 0. The lowest BCUT2D eigenvalue weighted by Gasteiger charge is -2.40. The van der Waals surface area contributed by atoms with Crippen molar-refractivity contribution in [3.8, 4) is 0 Å². The van der Waals surface area contributed by atoms with Crippen molar-refractivity contribution in [2.24, 2.45) is 5.92 Å². The van der Waals surface area contributed by atoms with Gasteiger partial charge in [-0.05, 0) is 65.6 Å². The first kappa shape index (κ1) is 18.6. The molecule has 4 rings (SSSR count). The van der Waals surface area contributed by atoms with Crippen LogP contribution in [-0.2, 0) is 11.3 Å². The van der Waals surface area contributed by atoms with Gasteiger partial charge in [0.05, 0.1) is 16.1 Å². The molecule has 1 aliphatic rings. The number of hydrogen-bond acceptors (Lipinski definition) is 1. The fraction of sp³-hybridized carbons (Fsp3) is 0.304. The molecule has 2 aromatic carbocycles. The Kier molecular flexibility index (Phi) is 5.58. The van der Waals surface area contributed by atoms with Gasteiger partial charge in [-0.2, -0.15) is 0 Å². The molecule has 0 bridgehead atoms. The normalized spacial score (nSPS) is 20.3. The minimum atomic E-state index is 0.0732. The van der Waals surface area contributed by atoms with Crippen LogP contribution in [0.1, 0.15) is 41.6 Å². The maximum absolute atomic E-state index is 6.18. The van der Waals surface area contributed by atoms with Crippen LogP contribution in [0.4, 0.5) is 0 Å². The van der Waals surface area contributed by atoms with E-state index in [2.05, 4.69) is 53.4 Å². The average molecular weight is 400 g/mol. The largest absolute Gasteiger partial charge is 0.376 e. The summed E-state index contributed by atoms with van der Waals surface area (Å²) in [5.74, 6) is 1.12. The predicted molar refractivity (Wildman–Crippen MR) is 112 cm³/mol. The van der Waals surface area contributed by atoms with E-state index in [-0.39, 0.29) is 6.10 Å². The molecule has 0 amide bonds. The molecule has 27 heavy (non-hydrogen) atoms. The van der Waals surface area contributed by atoms with E-state index in [1.54, 1.807) is 7.11 Å². The van der Waals surface area contributed by atoms with E-state index in [4.69, 9.17) is 27.9 Å². The first-order valence-electron chi connectivity index (χ1n) is 9.31. The van der Waals surface area contributed by atoms with Crippen molar-refractivity contribution in [1.82, 2.24) is 4.57 Å². The zero-order valence-electron chi connectivity index (χ0n) is 15.3. The number of methoxy groups -OCH3 is 1. The Morgan fingerprint density at radius 1 is 1.00 bits per heavy atom. The van der Waals surface area contributed by atoms with Gasteiger partial charge in [0.15, 0.2) is 0 Å². The predicted octanol–water partition coefficient (Wildman–Crippen LogP) is 6.72. The van der Waals surface area contributed by atoms with E-state index in [0.717, 1.165) is 24.9 Å². The smallest absolute Gasteiger partial charge is 0.0850 e. The number of nitrogens with zero attached hydrogens (tertiary/aromatic N) is 1. The summed E-state index contributed by atoms with van der Waals surface area (Å²) in [5.41, 5.74) is 3.86. The van der Waals surface area contributed by atoms with Crippen molar-refractivity contribution in [2.45, 2.75) is 31.4 Å². The van der Waals surface area contributed by atoms with Gasteiger partial charge < -0.3 is 9.30 Å². The standard InChI is InChI=1S/C23H23Cl2NO/c1-27-23(18-8-9-21(24)22(25)14-18)20-12-19(13-20)17-6-4-16(5-7-17)15-26-10-2-3-11-26/h2-11,14,19-20,23H,12-13,15H2,1H3. The van der Waals surface area contributed by atoms with E-state index >= 15 is 0 Å². The molecule has 140 valence electrons. The van der Waals surface area contributed by atoms with Gasteiger partial charge in [0, 0.05) is 26.0 Å². The minimum Gasteiger partial charge on any atom is -0.376 e. The molecule has 0 spiro atoms. The molecule has 0 radical (unpaired) electrons. The molecule has 0 saturated heterocycles. The monoisotopic (exact) mass is 399 g/mol. The molecule has 1 heterocycles. The Labute approximate surface area is 170 Å². The molecule has 1 fully saturated rings. The van der Waals surface area contributed by atoms with Crippen LogP contribution in [0.25, 0.3) is 0 Å². The van der Waals surface area contributed by atoms with Crippen molar-refractivity contribution >= 4 is 23.2 Å². The highest BCUT2D eigenvalue weighted by Crippen LogP contribution is 2.49. The van der Waals surface area contributed by atoms with Gasteiger partial charge in [0.2, 0.25) is 0 Å². The van der Waals surface area contributed by atoms with Gasteiger partial charge in [-0.3, -0.25) is 0 Å². The Morgan fingerprint density at radius 2 is 1.70 bits per heavy atom. The van der Waals surface area contributed by atoms with Crippen LogP contribution in [0, 0.1) is 5.92 Å². The van der Waals surface area contributed by atoms with Gasteiger partial charge in [-0.15, -0.1) is 0 Å². The summed E-state index contributed by atoms with van der Waals surface area (Å²) in [6, 6.07) is 19.0. The van der Waals surface area contributed by atoms with Gasteiger partial charge in [0.1, 0.15) is 0 Å². The molecule has 1 aromatic heterocycles. The zero-order chi connectivity index (χ0) is 18.8. The first-order chi connectivity index (χ1) is 13.1. The van der Waals surface area contributed by atoms with Crippen LogP contribution >= 0.6 is 23.2 Å². The molecule has 3 aromatic rings.